The average molecular weight is 282 g/mol. The Balaban J connectivity index is 1.90. The van der Waals surface area contributed by atoms with Crippen LogP contribution in [0.4, 0.5) is 0 Å². The highest BCUT2D eigenvalue weighted by Crippen LogP contribution is 2.31. The fourth-order valence-corrected chi connectivity index (χ4v) is 2.68. The first-order valence-electron chi connectivity index (χ1n) is 7.75. The van der Waals surface area contributed by atoms with E-state index in [-0.39, 0.29) is 12.2 Å². The molecule has 0 spiro atoms. The molecule has 20 heavy (non-hydrogen) atoms. The van der Waals surface area contributed by atoms with Crippen molar-refractivity contribution in [1.82, 2.24) is 0 Å². The van der Waals surface area contributed by atoms with Crippen LogP contribution >= 0.6 is 0 Å². The summed E-state index contributed by atoms with van der Waals surface area (Å²) in [5.41, 5.74) is 0. The second kappa shape index (κ2) is 6.44. The molecule has 0 aromatic rings. The van der Waals surface area contributed by atoms with Crippen molar-refractivity contribution in [3.05, 3.63) is 0 Å². The summed E-state index contributed by atoms with van der Waals surface area (Å²) in [6.45, 7) is 9.37. The minimum Gasteiger partial charge on any atom is -0.346 e. The van der Waals surface area contributed by atoms with E-state index in [0.717, 1.165) is 25.7 Å². The molecule has 4 heteroatoms. The normalized spacial score (nSPS) is 31.0. The zero-order chi connectivity index (χ0) is 14.6. The third-order valence-corrected chi connectivity index (χ3v) is 4.27. The predicted octanol–water partition coefficient (Wildman–Crippen LogP) is 2.85. The summed E-state index contributed by atoms with van der Waals surface area (Å²) in [7, 11) is 0. The van der Waals surface area contributed by atoms with Gasteiger partial charge in [0.25, 0.3) is 0 Å². The lowest BCUT2D eigenvalue weighted by atomic mass is 10.1. The van der Waals surface area contributed by atoms with Gasteiger partial charge in [-0.2, -0.15) is 0 Å². The standard InChI is InChI=1S/C16H26O4/c1-5-15(6-2)17-11-13(19-15)9-10-14-12-18-16(7-3,8-4)20-14/h13-14H,5-8,11-12H2,1-4H3/t13-,14-/m0/s1. The Morgan fingerprint density at radius 1 is 0.750 bits per heavy atom. The smallest absolute Gasteiger partial charge is 0.169 e. The maximum atomic E-state index is 5.92. The van der Waals surface area contributed by atoms with Gasteiger partial charge in [-0.15, -0.1) is 0 Å². The molecule has 0 aliphatic carbocycles. The first-order valence-corrected chi connectivity index (χ1v) is 7.75. The van der Waals surface area contributed by atoms with Crippen LogP contribution in [0.1, 0.15) is 53.4 Å². The maximum Gasteiger partial charge on any atom is 0.169 e. The van der Waals surface area contributed by atoms with E-state index in [1.165, 1.54) is 0 Å². The molecule has 2 atom stereocenters. The van der Waals surface area contributed by atoms with E-state index in [2.05, 4.69) is 39.5 Å². The van der Waals surface area contributed by atoms with E-state index in [0.29, 0.717) is 13.2 Å². The lowest BCUT2D eigenvalue weighted by Gasteiger charge is -2.24. The summed E-state index contributed by atoms with van der Waals surface area (Å²) in [5.74, 6) is 5.38. The van der Waals surface area contributed by atoms with E-state index >= 15 is 0 Å². The van der Waals surface area contributed by atoms with Gasteiger partial charge < -0.3 is 18.9 Å². The fourth-order valence-electron chi connectivity index (χ4n) is 2.68. The SMILES string of the molecule is CCC1(CC)OC[C@H](C#C[C@H]2COC(CC)(CC)O2)O1. The third-order valence-electron chi connectivity index (χ3n) is 4.27. The third kappa shape index (κ3) is 3.17. The van der Waals surface area contributed by atoms with E-state index in [1.54, 1.807) is 0 Å². The summed E-state index contributed by atoms with van der Waals surface area (Å²) in [4.78, 5) is 0. The molecular formula is C16H26O4. The summed E-state index contributed by atoms with van der Waals surface area (Å²) >= 11 is 0. The topological polar surface area (TPSA) is 36.9 Å². The number of hydrogen-bond donors (Lipinski definition) is 0. The molecule has 2 aliphatic rings. The van der Waals surface area contributed by atoms with Gasteiger partial charge >= 0.3 is 0 Å². The molecule has 2 heterocycles. The van der Waals surface area contributed by atoms with Crippen LogP contribution in [0, 0.1) is 11.8 Å². The molecule has 0 N–H and O–H groups in total. The molecule has 2 saturated heterocycles. The molecule has 0 amide bonds. The second-order valence-corrected chi connectivity index (χ2v) is 5.36. The van der Waals surface area contributed by atoms with Crippen molar-refractivity contribution in [3.63, 3.8) is 0 Å². The Morgan fingerprint density at radius 3 is 1.35 bits per heavy atom. The molecule has 114 valence electrons. The number of hydrogen-bond acceptors (Lipinski definition) is 4. The molecule has 0 aromatic carbocycles. The van der Waals surface area contributed by atoms with Crippen LogP contribution in [0.15, 0.2) is 0 Å². The largest absolute Gasteiger partial charge is 0.346 e. The van der Waals surface area contributed by atoms with Crippen LogP contribution in [0.5, 0.6) is 0 Å². The van der Waals surface area contributed by atoms with Crippen molar-refractivity contribution < 1.29 is 18.9 Å². The summed E-state index contributed by atoms with van der Waals surface area (Å²) < 4.78 is 23.3. The molecular weight excluding hydrogens is 256 g/mol. The highest BCUT2D eigenvalue weighted by molar-refractivity contribution is 5.13. The van der Waals surface area contributed by atoms with E-state index in [4.69, 9.17) is 18.9 Å². The molecule has 0 radical (unpaired) electrons. The Labute approximate surface area is 122 Å². The van der Waals surface area contributed by atoms with E-state index < -0.39 is 11.6 Å². The minimum absolute atomic E-state index is 0.156. The summed E-state index contributed by atoms with van der Waals surface area (Å²) in [5, 5.41) is 0. The first-order chi connectivity index (χ1) is 9.61. The van der Waals surface area contributed by atoms with Crippen LogP contribution < -0.4 is 0 Å². The van der Waals surface area contributed by atoms with Gasteiger partial charge in [0.2, 0.25) is 0 Å². The van der Waals surface area contributed by atoms with E-state index in [9.17, 15) is 0 Å². The molecule has 2 aliphatic heterocycles. The molecule has 0 aromatic heterocycles. The Morgan fingerprint density at radius 2 is 1.10 bits per heavy atom. The van der Waals surface area contributed by atoms with Gasteiger partial charge in [0.05, 0.1) is 13.2 Å². The first kappa shape index (κ1) is 15.8. The van der Waals surface area contributed by atoms with Crippen molar-refractivity contribution in [2.24, 2.45) is 0 Å². The van der Waals surface area contributed by atoms with E-state index in [1.807, 2.05) is 0 Å². The molecule has 0 bridgehead atoms. The summed E-state index contributed by atoms with van der Waals surface area (Å²) in [6.07, 6.45) is 3.08. The van der Waals surface area contributed by atoms with Gasteiger partial charge in [-0.1, -0.05) is 39.5 Å². The number of rotatable bonds is 4. The van der Waals surface area contributed by atoms with Gasteiger partial charge in [-0.05, 0) is 25.7 Å². The zero-order valence-corrected chi connectivity index (χ0v) is 13.0. The average Bonchev–Trinajstić information content (AvgIpc) is 3.10. The molecule has 0 saturated carbocycles. The Hall–Kier alpha value is -0.600. The molecule has 0 unspecified atom stereocenters. The maximum absolute atomic E-state index is 5.92. The van der Waals surface area contributed by atoms with Crippen LogP contribution in [0.25, 0.3) is 0 Å². The quantitative estimate of drug-likeness (QED) is 0.743. The van der Waals surface area contributed by atoms with Gasteiger partial charge in [-0.3, -0.25) is 0 Å². The monoisotopic (exact) mass is 282 g/mol. The van der Waals surface area contributed by atoms with Crippen LogP contribution in [0.2, 0.25) is 0 Å². The van der Waals surface area contributed by atoms with Crippen molar-refractivity contribution >= 4 is 0 Å². The molecule has 2 rings (SSSR count). The van der Waals surface area contributed by atoms with Crippen molar-refractivity contribution in [3.8, 4) is 11.8 Å². The minimum atomic E-state index is -0.441. The zero-order valence-electron chi connectivity index (χ0n) is 13.0. The van der Waals surface area contributed by atoms with Crippen LogP contribution in [-0.2, 0) is 18.9 Å². The highest BCUT2D eigenvalue weighted by Gasteiger charge is 2.39. The van der Waals surface area contributed by atoms with Crippen molar-refractivity contribution in [1.29, 1.82) is 0 Å². The van der Waals surface area contributed by atoms with Crippen LogP contribution in [0.3, 0.4) is 0 Å². The van der Waals surface area contributed by atoms with Gasteiger partial charge in [0.15, 0.2) is 11.6 Å². The van der Waals surface area contributed by atoms with Gasteiger partial charge in [0, 0.05) is 0 Å². The molecule has 2 fully saturated rings. The number of ether oxygens (including phenoxy) is 4. The van der Waals surface area contributed by atoms with Crippen LogP contribution in [-0.4, -0.2) is 37.0 Å². The van der Waals surface area contributed by atoms with Crippen molar-refractivity contribution in [2.45, 2.75) is 77.2 Å². The Kier molecular flexibility index (Phi) is 5.09. The van der Waals surface area contributed by atoms with Crippen molar-refractivity contribution in [2.75, 3.05) is 13.2 Å². The highest BCUT2D eigenvalue weighted by atomic mass is 16.7. The fraction of sp³-hybridized carbons (Fsp3) is 0.875. The summed E-state index contributed by atoms with van der Waals surface area (Å²) in [6, 6.07) is 0. The van der Waals surface area contributed by atoms with Gasteiger partial charge in [0.1, 0.15) is 12.2 Å². The Bertz CT molecular complexity index is 340. The van der Waals surface area contributed by atoms with Gasteiger partial charge in [-0.25, -0.2) is 0 Å². The lowest BCUT2D eigenvalue weighted by Crippen LogP contribution is -2.29. The second-order valence-electron chi connectivity index (χ2n) is 5.36. The predicted molar refractivity (Wildman–Crippen MR) is 76.1 cm³/mol. The lowest BCUT2D eigenvalue weighted by molar-refractivity contribution is -0.167. The molecule has 4 nitrogen and oxygen atoms in total.